The molecule has 67 heavy (non-hydrogen) atoms. The number of amides is 2. The number of halogens is 1. The van der Waals surface area contributed by atoms with E-state index in [-0.39, 0.29) is 64.0 Å². The molecule has 13 heteroatoms. The highest BCUT2D eigenvalue weighted by Crippen LogP contribution is 2.39. The molecule has 0 radical (unpaired) electrons. The average Bonchev–Trinajstić information content (AvgIpc) is 3.61. The van der Waals surface area contributed by atoms with Crippen LogP contribution < -0.4 is 0 Å². The molecule has 0 N–H and O–H groups in total. The van der Waals surface area contributed by atoms with Gasteiger partial charge in [-0.1, -0.05) is 146 Å². The van der Waals surface area contributed by atoms with E-state index in [0.717, 1.165) is 27.2 Å². The summed E-state index contributed by atoms with van der Waals surface area (Å²) < 4.78 is 76.6. The van der Waals surface area contributed by atoms with Gasteiger partial charge in [0.1, 0.15) is 48.8 Å². The highest BCUT2D eigenvalue weighted by molar-refractivity contribution is 6.21. The minimum Gasteiger partial charge on any atom is -0.375 e. The largest absolute Gasteiger partial charge is 0.375 e. The molecule has 0 spiro atoms. The van der Waals surface area contributed by atoms with Crippen molar-refractivity contribution in [3.8, 4) is 0 Å². The second-order valence-electron chi connectivity index (χ2n) is 16.4. The summed E-state index contributed by atoms with van der Waals surface area (Å²) in [6, 6.07) is 42.9. The maximum absolute atomic E-state index is 17.2. The predicted molar refractivity (Wildman–Crippen MR) is 246 cm³/mol. The monoisotopic (exact) mass is 913 g/mol. The van der Waals surface area contributed by atoms with Crippen LogP contribution in [-0.4, -0.2) is 105 Å². The number of hydrogen-bond donors (Lipinski definition) is 0. The van der Waals surface area contributed by atoms with Crippen molar-refractivity contribution in [1.29, 1.82) is 0 Å². The molecule has 2 saturated heterocycles. The van der Waals surface area contributed by atoms with Crippen molar-refractivity contribution in [2.24, 2.45) is 0 Å². The molecule has 0 aromatic heterocycles. The molecule has 5 aromatic rings. The molecule has 8 rings (SSSR count). The van der Waals surface area contributed by atoms with E-state index in [4.69, 9.17) is 42.6 Å². The van der Waals surface area contributed by atoms with Crippen LogP contribution >= 0.6 is 0 Å². The van der Waals surface area contributed by atoms with Gasteiger partial charge in [-0.2, -0.15) is 0 Å². The molecule has 350 valence electrons. The summed E-state index contributed by atoms with van der Waals surface area (Å²) in [5.74, 6) is -1.37. The van der Waals surface area contributed by atoms with E-state index in [0.29, 0.717) is 0 Å². The van der Waals surface area contributed by atoms with Crippen molar-refractivity contribution in [1.82, 2.24) is 4.90 Å². The molecule has 12 nitrogen and oxygen atoms in total. The van der Waals surface area contributed by atoms with Crippen LogP contribution in [0.1, 0.15) is 43.0 Å². The SMILES string of the molecule is C=CCOC[C@H]1O[C@@H](O[C@H]2[C@H](OCc3ccccc3)[C@@H](N3C(=O)c4ccccc4C3=O)[C@H](F)O[C@@H]2COCc2ccccc2)[C@@H](OCc2ccccc2)[C@@H](OCC=C)[C@@H]1OCc1ccccc1. The third-order valence-electron chi connectivity index (χ3n) is 11.8. The van der Waals surface area contributed by atoms with Crippen molar-refractivity contribution in [2.45, 2.75) is 87.8 Å². The Balaban J connectivity index is 1.20. The first-order valence-electron chi connectivity index (χ1n) is 22.5. The molecule has 5 aromatic carbocycles. The van der Waals surface area contributed by atoms with Crippen LogP contribution in [0.3, 0.4) is 0 Å². The lowest BCUT2D eigenvalue weighted by Crippen LogP contribution is -2.68. The number of carbonyl (C=O) groups is 2. The van der Waals surface area contributed by atoms with Gasteiger partial charge in [-0.05, 0) is 34.4 Å². The maximum Gasteiger partial charge on any atom is 0.262 e. The Kier molecular flexibility index (Phi) is 17.0. The minimum atomic E-state index is -2.22. The lowest BCUT2D eigenvalue weighted by atomic mass is 9.94. The summed E-state index contributed by atoms with van der Waals surface area (Å²) >= 11 is 0. The number of alkyl halides is 1. The number of carbonyl (C=O) groups excluding carboxylic acids is 2. The van der Waals surface area contributed by atoms with Gasteiger partial charge in [0.25, 0.3) is 11.8 Å². The fourth-order valence-electron chi connectivity index (χ4n) is 8.57. The van der Waals surface area contributed by atoms with Gasteiger partial charge in [0, 0.05) is 0 Å². The Morgan fingerprint density at radius 3 is 1.46 bits per heavy atom. The van der Waals surface area contributed by atoms with Crippen LogP contribution in [0.5, 0.6) is 0 Å². The molecule has 0 unspecified atom stereocenters. The standard InChI is InChI=1S/C54H56FNO11/c1-3-29-59-35-43-46(62-32-38-21-11-6-12-22-38)49(61-30-4-2)50(64-34-40-25-15-8-16-26-40)54(66-43)67-47-44(36-60-31-37-19-9-5-10-20-37)65-51(55)45(48(47)63-33-39-23-13-7-14-24-39)56-52(57)41-27-17-18-28-42(41)53(56)58/h3-28,43-51,54H,1-2,29-36H2/t43-,44-,45-,46-,47-,48-,49+,50+,51-,54+/m1/s1. The van der Waals surface area contributed by atoms with Crippen molar-refractivity contribution in [2.75, 3.05) is 26.4 Å². The van der Waals surface area contributed by atoms with E-state index >= 15 is 4.39 Å². The smallest absolute Gasteiger partial charge is 0.262 e. The Hall–Kier alpha value is -5.71. The van der Waals surface area contributed by atoms with Crippen molar-refractivity contribution >= 4 is 11.8 Å². The third-order valence-corrected chi connectivity index (χ3v) is 11.8. The average molecular weight is 914 g/mol. The minimum absolute atomic E-state index is 0.0344. The van der Waals surface area contributed by atoms with Crippen LogP contribution in [0.25, 0.3) is 0 Å². The molecule has 3 aliphatic rings. The van der Waals surface area contributed by atoms with E-state index in [1.807, 2.05) is 121 Å². The van der Waals surface area contributed by atoms with Gasteiger partial charge in [0.15, 0.2) is 6.29 Å². The Bertz CT molecular complexity index is 2310. The summed E-state index contributed by atoms with van der Waals surface area (Å²) in [4.78, 5) is 29.3. The molecule has 0 bridgehead atoms. The number of rotatable bonds is 23. The Labute approximate surface area is 390 Å². The summed E-state index contributed by atoms with van der Waals surface area (Å²) in [7, 11) is 0. The lowest BCUT2D eigenvalue weighted by Gasteiger charge is -2.50. The predicted octanol–water partition coefficient (Wildman–Crippen LogP) is 8.20. The van der Waals surface area contributed by atoms with Gasteiger partial charge in [0.2, 0.25) is 6.36 Å². The van der Waals surface area contributed by atoms with E-state index in [9.17, 15) is 9.59 Å². The Morgan fingerprint density at radius 1 is 0.493 bits per heavy atom. The third kappa shape index (κ3) is 11.9. The zero-order valence-corrected chi connectivity index (χ0v) is 37.2. The fourth-order valence-corrected chi connectivity index (χ4v) is 8.57. The Morgan fingerprint density at radius 2 is 0.940 bits per heavy atom. The number of imide groups is 1. The molecule has 3 aliphatic heterocycles. The summed E-state index contributed by atoms with van der Waals surface area (Å²) in [5, 5.41) is 0. The zero-order valence-electron chi connectivity index (χ0n) is 37.2. The summed E-state index contributed by atoms with van der Waals surface area (Å²) in [5.41, 5.74) is 3.71. The van der Waals surface area contributed by atoms with Crippen LogP contribution in [0.15, 0.2) is 171 Å². The maximum atomic E-state index is 17.2. The van der Waals surface area contributed by atoms with Gasteiger partial charge < -0.3 is 42.6 Å². The lowest BCUT2D eigenvalue weighted by molar-refractivity contribution is -0.360. The van der Waals surface area contributed by atoms with Crippen molar-refractivity contribution in [3.05, 3.63) is 204 Å². The molecular weight excluding hydrogens is 858 g/mol. The summed E-state index contributed by atoms with van der Waals surface area (Å²) in [6.45, 7) is 8.41. The molecule has 10 atom stereocenters. The number of hydrogen-bond acceptors (Lipinski definition) is 11. The van der Waals surface area contributed by atoms with E-state index < -0.39 is 73.2 Å². The fraction of sp³-hybridized carbons (Fsp3) is 0.333. The normalized spacial score (nSPS) is 26.0. The topological polar surface area (TPSA) is 120 Å². The van der Waals surface area contributed by atoms with Crippen LogP contribution in [0, 0.1) is 0 Å². The van der Waals surface area contributed by atoms with Crippen LogP contribution in [-0.2, 0) is 69.1 Å². The number of fused-ring (bicyclic) bond motifs is 1. The van der Waals surface area contributed by atoms with Gasteiger partial charge in [-0.25, -0.2) is 4.39 Å². The molecule has 0 saturated carbocycles. The summed E-state index contributed by atoms with van der Waals surface area (Å²) in [6.07, 6.45) is -7.48. The second kappa shape index (κ2) is 23.8. The molecule has 2 amide bonds. The first-order valence-corrected chi connectivity index (χ1v) is 22.5. The molecule has 0 aliphatic carbocycles. The second-order valence-corrected chi connectivity index (χ2v) is 16.4. The highest BCUT2D eigenvalue weighted by Gasteiger charge is 2.58. The van der Waals surface area contributed by atoms with Gasteiger partial charge in [-0.15, -0.1) is 13.2 Å². The van der Waals surface area contributed by atoms with E-state index in [2.05, 4.69) is 13.2 Å². The van der Waals surface area contributed by atoms with Crippen molar-refractivity contribution in [3.63, 3.8) is 0 Å². The first-order chi connectivity index (χ1) is 32.9. The van der Waals surface area contributed by atoms with Gasteiger partial charge in [0.05, 0.1) is 64.0 Å². The van der Waals surface area contributed by atoms with Crippen molar-refractivity contribution < 1.29 is 56.6 Å². The van der Waals surface area contributed by atoms with E-state index in [1.54, 1.807) is 36.4 Å². The molecule has 2 fully saturated rings. The van der Waals surface area contributed by atoms with Gasteiger partial charge in [-0.3, -0.25) is 14.5 Å². The van der Waals surface area contributed by atoms with Crippen LogP contribution in [0.2, 0.25) is 0 Å². The van der Waals surface area contributed by atoms with Crippen LogP contribution in [0.4, 0.5) is 4.39 Å². The number of ether oxygens (including phenoxy) is 9. The first kappa shape index (κ1) is 47.8. The quantitative estimate of drug-likeness (QED) is 0.0359. The number of benzene rings is 5. The number of nitrogens with zero attached hydrogens (tertiary/aromatic N) is 1. The van der Waals surface area contributed by atoms with Gasteiger partial charge >= 0.3 is 0 Å². The zero-order chi connectivity index (χ0) is 46.4. The highest BCUT2D eigenvalue weighted by atomic mass is 19.1. The molecule has 3 heterocycles. The molecular formula is C54H56FNO11. The van der Waals surface area contributed by atoms with E-state index in [1.165, 1.54) is 0 Å².